The zero-order valence-corrected chi connectivity index (χ0v) is 52.2. The van der Waals surface area contributed by atoms with Gasteiger partial charge in [0.2, 0.25) is 0 Å². The fraction of sp³-hybridized carbons (Fsp3) is 0.360. The fourth-order valence-electron chi connectivity index (χ4n) is 11.4. The van der Waals surface area contributed by atoms with E-state index in [-0.39, 0.29) is 57.2 Å². The largest absolute Gasteiger partial charge is 0.505 e. The van der Waals surface area contributed by atoms with E-state index in [0.717, 1.165) is 54.7 Å². The summed E-state index contributed by atoms with van der Waals surface area (Å²) in [5.74, 6) is -0.121. The monoisotopic (exact) mass is 1110 g/mol. The Hall–Kier alpha value is -7.58. The van der Waals surface area contributed by atoms with Gasteiger partial charge in [-0.1, -0.05) is 149 Å². The topological polar surface area (TPSA) is 68.8 Å². The van der Waals surface area contributed by atoms with Crippen molar-refractivity contribution in [2.75, 3.05) is 13.2 Å². The lowest BCUT2D eigenvalue weighted by Gasteiger charge is -2.24. The number of aromatic nitrogens is 2. The number of phenolic OH excluding ortho intramolecular Hbond substituents is 2. The zero-order valence-electron chi connectivity index (χ0n) is 52.2. The van der Waals surface area contributed by atoms with Gasteiger partial charge in [-0.05, 0) is 175 Å². The third kappa shape index (κ3) is 11.2. The first-order chi connectivity index (χ1) is 38.6. The first-order valence-electron chi connectivity index (χ1n) is 29.4. The maximum atomic E-state index is 15.7. The summed E-state index contributed by atoms with van der Waals surface area (Å²) in [7, 11) is 0. The maximum Gasteiger partial charge on any atom is 0.147 e. The summed E-state index contributed by atoms with van der Waals surface area (Å²) in [5.41, 5.74) is 12.4. The number of halogens is 2. The lowest BCUT2D eigenvalue weighted by Crippen LogP contribution is -2.13. The van der Waals surface area contributed by atoms with Gasteiger partial charge in [0.1, 0.15) is 34.6 Å². The summed E-state index contributed by atoms with van der Waals surface area (Å²) in [4.78, 5) is 0. The summed E-state index contributed by atoms with van der Waals surface area (Å²) < 4.78 is 48.7. The standard InChI is InChI=1S/C75H84F2N2O4/c1-70(2,3)44-20-26-60-52(34-44)53-35-45(71(4,5)6)21-27-61(53)78(60)64-40-48(74(13,14)15)38-58(68(64)80)56-42-50(76)24-30-66(56)82-32-19-33-83-67-31-25-51(77)43-57(67)59-39-49(75(16,17)18)41-65(69(59)81)79-62-28-22-46(72(7,8)9)36-54(62)55-37-47(73(10,11)12)23-29-63(55)79/h20-31,34-43,80-81H,19,32-33H2,1-18H3. The summed E-state index contributed by atoms with van der Waals surface area (Å²) in [6.45, 7) is 39.8. The average Bonchev–Trinajstić information content (AvgIpc) is 2.27. The molecule has 0 radical (unpaired) electrons. The van der Waals surface area contributed by atoms with Crippen molar-refractivity contribution >= 4 is 43.6 Å². The molecular formula is C75H84F2N2O4. The minimum Gasteiger partial charge on any atom is -0.505 e. The first kappa shape index (κ1) is 58.6. The molecule has 432 valence electrons. The maximum absolute atomic E-state index is 15.7. The molecule has 0 aliphatic carbocycles. The molecule has 8 heteroatoms. The zero-order chi connectivity index (χ0) is 60.3. The predicted octanol–water partition coefficient (Wildman–Crippen LogP) is 20.5. The van der Waals surface area contributed by atoms with Crippen molar-refractivity contribution in [2.45, 2.75) is 164 Å². The van der Waals surface area contributed by atoms with Crippen LogP contribution < -0.4 is 9.47 Å². The number of benzene rings is 8. The first-order valence-corrected chi connectivity index (χ1v) is 29.4. The highest BCUT2D eigenvalue weighted by atomic mass is 19.1. The minimum absolute atomic E-state index is 0.00338. The molecule has 0 saturated carbocycles. The van der Waals surface area contributed by atoms with Crippen molar-refractivity contribution in [3.05, 3.63) is 178 Å². The molecule has 0 atom stereocenters. The van der Waals surface area contributed by atoms with Gasteiger partial charge in [0.15, 0.2) is 0 Å². The summed E-state index contributed by atoms with van der Waals surface area (Å²) in [6, 6.07) is 43.3. The van der Waals surface area contributed by atoms with E-state index < -0.39 is 11.6 Å². The molecule has 6 nitrogen and oxygen atoms in total. The van der Waals surface area contributed by atoms with E-state index in [1.165, 1.54) is 46.5 Å². The fourth-order valence-corrected chi connectivity index (χ4v) is 11.4. The van der Waals surface area contributed by atoms with Gasteiger partial charge in [-0.25, -0.2) is 8.78 Å². The van der Waals surface area contributed by atoms with Crippen LogP contribution >= 0.6 is 0 Å². The van der Waals surface area contributed by atoms with Gasteiger partial charge in [-0.3, -0.25) is 0 Å². The molecule has 2 heterocycles. The predicted molar refractivity (Wildman–Crippen MR) is 343 cm³/mol. The van der Waals surface area contributed by atoms with Crippen LogP contribution in [-0.2, 0) is 32.5 Å². The van der Waals surface area contributed by atoms with Crippen LogP contribution in [0.15, 0.2) is 133 Å². The molecule has 2 N–H and O–H groups in total. The molecule has 0 amide bonds. The second-order valence-electron chi connectivity index (χ2n) is 29.2. The molecule has 0 aliphatic heterocycles. The van der Waals surface area contributed by atoms with Gasteiger partial charge in [-0.2, -0.15) is 0 Å². The number of hydrogen-bond acceptors (Lipinski definition) is 4. The average molecular weight is 1120 g/mol. The van der Waals surface area contributed by atoms with Crippen LogP contribution in [-0.4, -0.2) is 32.6 Å². The number of phenols is 2. The van der Waals surface area contributed by atoms with Crippen LogP contribution in [0.5, 0.6) is 23.0 Å². The van der Waals surface area contributed by atoms with Crippen molar-refractivity contribution in [2.24, 2.45) is 0 Å². The summed E-state index contributed by atoms with van der Waals surface area (Å²) in [5, 5.41) is 29.8. The normalized spacial score (nSPS) is 13.1. The lowest BCUT2D eigenvalue weighted by molar-refractivity contribution is 0.248. The quantitative estimate of drug-likeness (QED) is 0.134. The van der Waals surface area contributed by atoms with E-state index in [4.69, 9.17) is 9.47 Å². The Bertz CT molecular complexity index is 3760. The van der Waals surface area contributed by atoms with E-state index in [0.29, 0.717) is 51.5 Å². The van der Waals surface area contributed by atoms with E-state index >= 15 is 8.78 Å². The Kier molecular flexibility index (Phi) is 14.6. The van der Waals surface area contributed by atoms with Crippen molar-refractivity contribution in [1.82, 2.24) is 9.13 Å². The molecule has 0 fully saturated rings. The molecule has 0 bridgehead atoms. The molecule has 0 saturated heterocycles. The van der Waals surface area contributed by atoms with Crippen molar-refractivity contribution < 1.29 is 28.5 Å². The van der Waals surface area contributed by atoms with E-state index in [9.17, 15) is 10.2 Å². The number of ether oxygens (including phenoxy) is 2. The summed E-state index contributed by atoms with van der Waals surface area (Å²) >= 11 is 0. The Morgan fingerprint density at radius 2 is 0.602 bits per heavy atom. The molecule has 0 aliphatic rings. The Morgan fingerprint density at radius 1 is 0.325 bits per heavy atom. The Balaban J connectivity index is 0.997. The third-order valence-electron chi connectivity index (χ3n) is 16.7. The lowest BCUT2D eigenvalue weighted by atomic mass is 9.84. The molecule has 2 aromatic heterocycles. The van der Waals surface area contributed by atoms with Gasteiger partial charge in [-0.15, -0.1) is 0 Å². The Labute approximate surface area is 490 Å². The van der Waals surface area contributed by atoms with Crippen LogP contribution in [0.25, 0.3) is 77.2 Å². The SMILES string of the molecule is CC(C)(C)c1cc(-c2cc(F)ccc2OCCCOc2ccc(F)cc2-c2cc(C(C)(C)C)cc(-n3c4ccc(C(C)(C)C)cc4c4cc(C(C)(C)C)ccc43)c2O)c(O)c(-n2c3ccc(C(C)(C)C)cc3c3cc(C(C)(C)C)ccc32)c1. The van der Waals surface area contributed by atoms with E-state index in [2.05, 4.69) is 219 Å². The highest BCUT2D eigenvalue weighted by Crippen LogP contribution is 2.49. The van der Waals surface area contributed by atoms with Gasteiger partial charge in [0.25, 0.3) is 0 Å². The van der Waals surface area contributed by atoms with Gasteiger partial charge < -0.3 is 28.8 Å². The number of nitrogens with zero attached hydrogens (tertiary/aromatic N) is 2. The van der Waals surface area contributed by atoms with Gasteiger partial charge >= 0.3 is 0 Å². The van der Waals surface area contributed by atoms with Crippen LogP contribution in [0.1, 0.15) is 164 Å². The molecule has 0 unspecified atom stereocenters. The highest BCUT2D eigenvalue weighted by Gasteiger charge is 2.29. The number of hydrogen-bond donors (Lipinski definition) is 2. The molecule has 10 rings (SSSR count). The van der Waals surface area contributed by atoms with Crippen LogP contribution in [0.2, 0.25) is 0 Å². The summed E-state index contributed by atoms with van der Waals surface area (Å²) in [6.07, 6.45) is 0.398. The molecule has 8 aromatic carbocycles. The van der Waals surface area contributed by atoms with Crippen molar-refractivity contribution in [3.8, 4) is 56.6 Å². The van der Waals surface area contributed by atoms with Crippen LogP contribution in [0.3, 0.4) is 0 Å². The molecular weight excluding hydrogens is 1030 g/mol. The number of rotatable bonds is 10. The van der Waals surface area contributed by atoms with Gasteiger partial charge in [0, 0.05) is 50.2 Å². The van der Waals surface area contributed by atoms with E-state index in [1.807, 2.05) is 12.1 Å². The van der Waals surface area contributed by atoms with Crippen molar-refractivity contribution in [1.29, 1.82) is 0 Å². The smallest absolute Gasteiger partial charge is 0.147 e. The number of fused-ring (bicyclic) bond motifs is 6. The number of aromatic hydroxyl groups is 2. The second kappa shape index (κ2) is 20.6. The Morgan fingerprint density at radius 3 is 0.867 bits per heavy atom. The molecule has 0 spiro atoms. The van der Waals surface area contributed by atoms with Gasteiger partial charge in [0.05, 0.1) is 46.7 Å². The van der Waals surface area contributed by atoms with Crippen molar-refractivity contribution in [3.63, 3.8) is 0 Å². The van der Waals surface area contributed by atoms with E-state index in [1.54, 1.807) is 12.1 Å². The molecule has 83 heavy (non-hydrogen) atoms. The minimum atomic E-state index is -0.465. The van der Waals surface area contributed by atoms with Crippen LogP contribution in [0.4, 0.5) is 8.78 Å². The third-order valence-corrected chi connectivity index (χ3v) is 16.7. The highest BCUT2D eigenvalue weighted by molar-refractivity contribution is 6.11. The van der Waals surface area contributed by atoms with Crippen LogP contribution in [0, 0.1) is 11.6 Å². The molecule has 10 aromatic rings. The second-order valence-corrected chi connectivity index (χ2v) is 29.2.